The van der Waals surface area contributed by atoms with E-state index in [1.54, 1.807) is 35.2 Å². The monoisotopic (exact) mass is 305 g/mol. The van der Waals surface area contributed by atoms with Crippen molar-refractivity contribution in [3.8, 4) is 0 Å². The number of nitrogens with zero attached hydrogens (tertiary/aromatic N) is 5. The second-order valence-corrected chi connectivity index (χ2v) is 2.74. The minimum absolute atomic E-state index is 1.56. The minimum atomic E-state index is 1.56. The summed E-state index contributed by atoms with van der Waals surface area (Å²) in [5, 5.41) is 0. The lowest BCUT2D eigenvalue weighted by molar-refractivity contribution is 1.53. The van der Waals surface area contributed by atoms with Crippen molar-refractivity contribution in [2.24, 2.45) is 21.8 Å². The molecule has 0 saturated heterocycles. The third-order valence-electron chi connectivity index (χ3n) is 0. The van der Waals surface area contributed by atoms with Crippen molar-refractivity contribution in [1.29, 1.82) is 0 Å². The summed E-state index contributed by atoms with van der Waals surface area (Å²) in [5.74, 6) is 0. The molecule has 0 aromatic heterocycles. The fourth-order valence-electron chi connectivity index (χ4n) is 0. The molecule has 0 aliphatic carbocycles. The molecule has 0 N–H and O–H groups in total. The van der Waals surface area contributed by atoms with Crippen LogP contribution in [0.5, 0.6) is 0 Å². The zero-order valence-corrected chi connectivity index (χ0v) is 13.4. The first-order chi connectivity index (χ1) is 7.07. The van der Waals surface area contributed by atoms with Crippen LogP contribution < -0.4 is 0 Å². The first-order valence-electron chi connectivity index (χ1n) is 3.15. The van der Waals surface area contributed by atoms with Crippen molar-refractivity contribution in [3.63, 3.8) is 0 Å². The Bertz CT molecular complexity index is 96.2. The maximum Gasteiger partial charge on any atom is 0.0409 e. The molecule has 0 aliphatic rings. The van der Waals surface area contributed by atoms with E-state index in [1.807, 2.05) is 0 Å². The molecule has 15 heavy (non-hydrogen) atoms. The predicted octanol–water partition coefficient (Wildman–Crippen LogP) is 1.73. The van der Waals surface area contributed by atoms with Crippen LogP contribution in [0.1, 0.15) is 0 Å². The smallest absolute Gasteiger partial charge is 0.0409 e. The van der Waals surface area contributed by atoms with Gasteiger partial charge in [0.2, 0.25) is 0 Å². The summed E-state index contributed by atoms with van der Waals surface area (Å²) in [6.07, 6.45) is 0. The molecule has 0 radical (unpaired) electrons. The summed E-state index contributed by atoms with van der Waals surface area (Å²) < 4.78 is 15.4. The lowest BCUT2D eigenvalue weighted by atomic mass is 11.6. The van der Waals surface area contributed by atoms with Gasteiger partial charge in [-0.1, -0.05) is 0 Å². The van der Waals surface area contributed by atoms with E-state index in [0.717, 1.165) is 0 Å². The molecule has 0 atom stereocenters. The van der Waals surface area contributed by atoms with Gasteiger partial charge in [-0.25, -0.2) is 21.8 Å². The predicted molar refractivity (Wildman–Crippen MR) is 78.6 cm³/mol. The molecule has 0 rings (SSSR count). The van der Waals surface area contributed by atoms with Gasteiger partial charge in [0, 0.05) is 97.4 Å². The molecule has 10 heteroatoms. The van der Waals surface area contributed by atoms with Crippen LogP contribution in [0, 0.1) is 0 Å². The van der Waals surface area contributed by atoms with Gasteiger partial charge in [0.25, 0.3) is 0 Å². The number of hydrogen-bond acceptors (Lipinski definition) is 10. The van der Waals surface area contributed by atoms with Crippen LogP contribution in [0.15, 0.2) is 21.8 Å². The van der Waals surface area contributed by atoms with Crippen molar-refractivity contribution in [1.82, 2.24) is 0 Å². The van der Waals surface area contributed by atoms with E-state index in [1.165, 1.54) is 0 Å². The highest BCUT2D eigenvalue weighted by molar-refractivity contribution is 7.47. The maximum atomic E-state index is 4.02. The SMILES string of the molecule is CN=S.CN=S.CN=S.CN=S.CN=S. The quantitative estimate of drug-likeness (QED) is 0.682. The summed E-state index contributed by atoms with van der Waals surface area (Å²) in [4.78, 5) is 0. The van der Waals surface area contributed by atoms with E-state index in [4.69, 9.17) is 0 Å². The van der Waals surface area contributed by atoms with Gasteiger partial charge in [-0.2, -0.15) is 0 Å². The van der Waals surface area contributed by atoms with Crippen LogP contribution >= 0.6 is 0 Å². The van der Waals surface area contributed by atoms with E-state index < -0.39 is 0 Å². The first kappa shape index (κ1) is 29.4. The molecule has 0 spiro atoms. The van der Waals surface area contributed by atoms with E-state index >= 15 is 0 Å². The van der Waals surface area contributed by atoms with Gasteiger partial charge in [-0.3, -0.25) is 0 Å². The van der Waals surface area contributed by atoms with Gasteiger partial charge < -0.3 is 0 Å². The molecule has 0 aromatic rings. The third kappa shape index (κ3) is 206000. The fourth-order valence-corrected chi connectivity index (χ4v) is 0. The summed E-state index contributed by atoms with van der Waals surface area (Å²) in [6, 6.07) is 0. The summed E-state index contributed by atoms with van der Waals surface area (Å²) >= 11 is 20.1. The van der Waals surface area contributed by atoms with E-state index in [-0.39, 0.29) is 0 Å². The summed E-state index contributed by atoms with van der Waals surface area (Å²) in [7, 11) is 7.82. The van der Waals surface area contributed by atoms with E-state index in [9.17, 15) is 0 Å². The molecule has 0 unspecified atom stereocenters. The van der Waals surface area contributed by atoms with Crippen LogP contribution in [0.25, 0.3) is 0 Å². The molecule has 5 nitrogen and oxygen atoms in total. The largest absolute Gasteiger partial charge is 0.223 e. The molecule has 0 amide bonds. The molecule has 0 heterocycles. The Morgan fingerprint density at radius 2 is 0.400 bits per heavy atom. The Kier molecular flexibility index (Phi) is 183. The summed E-state index contributed by atoms with van der Waals surface area (Å²) in [6.45, 7) is 0. The maximum absolute atomic E-state index is 4.02. The topological polar surface area (TPSA) is 61.8 Å². The van der Waals surface area contributed by atoms with Crippen LogP contribution in [0.3, 0.4) is 0 Å². The van der Waals surface area contributed by atoms with Crippen molar-refractivity contribution >= 4 is 62.1 Å². The fraction of sp³-hybridized carbons (Fsp3) is 1.00. The molecule has 90 valence electrons. The van der Waals surface area contributed by atoms with Crippen molar-refractivity contribution in [2.75, 3.05) is 35.2 Å². The standard InChI is InChI=1S/5CH3NS/c5*1-2-3/h5*1H3. The summed E-state index contributed by atoms with van der Waals surface area (Å²) in [5.41, 5.74) is 0. The molecule has 0 aliphatic heterocycles. The van der Waals surface area contributed by atoms with Gasteiger partial charge in [0.1, 0.15) is 0 Å². The second-order valence-electron chi connectivity index (χ2n) is 0.913. The molecular weight excluding hydrogens is 290 g/mol. The van der Waals surface area contributed by atoms with Crippen molar-refractivity contribution in [2.45, 2.75) is 0 Å². The zero-order chi connectivity index (χ0) is 13.5. The molecule has 0 aromatic carbocycles. The van der Waals surface area contributed by atoms with Crippen molar-refractivity contribution in [3.05, 3.63) is 0 Å². The Morgan fingerprint density at radius 1 is 0.400 bits per heavy atom. The molecule has 0 saturated carbocycles. The van der Waals surface area contributed by atoms with Crippen LogP contribution in [0.4, 0.5) is 0 Å². The molecular formula is C5H15N5S5. The lowest BCUT2D eigenvalue weighted by Gasteiger charge is -1.32. The Morgan fingerprint density at radius 3 is 0.400 bits per heavy atom. The van der Waals surface area contributed by atoms with Gasteiger partial charge in [-0.15, -0.1) is 0 Å². The zero-order valence-electron chi connectivity index (χ0n) is 9.28. The molecule has 0 bridgehead atoms. The highest BCUT2D eigenvalue weighted by atomic mass is 32.1. The van der Waals surface area contributed by atoms with Gasteiger partial charge in [-0.05, 0) is 0 Å². The highest BCUT2D eigenvalue weighted by Gasteiger charge is 1.15. The highest BCUT2D eigenvalue weighted by Crippen LogP contribution is 1.27. The van der Waals surface area contributed by atoms with Gasteiger partial charge >= 0.3 is 0 Å². The van der Waals surface area contributed by atoms with E-state index in [0.29, 0.717) is 0 Å². The second kappa shape index (κ2) is 93.0. The average molecular weight is 306 g/mol. The molecule has 0 fully saturated rings. The Hall–Kier alpha value is 0.1000. The Labute approximate surface area is 119 Å². The van der Waals surface area contributed by atoms with Gasteiger partial charge in [0.15, 0.2) is 0 Å². The number of hydrogen-bond donors (Lipinski definition) is 0. The first-order valence-corrected chi connectivity index (χ1v) is 4.97. The van der Waals surface area contributed by atoms with Crippen molar-refractivity contribution < 1.29 is 0 Å². The number of rotatable bonds is 0. The third-order valence-corrected chi connectivity index (χ3v) is 0. The minimum Gasteiger partial charge on any atom is -0.223 e. The Balaban J connectivity index is -0.0000000278. The van der Waals surface area contributed by atoms with Crippen LogP contribution in [0.2, 0.25) is 0 Å². The lowest BCUT2D eigenvalue weighted by Crippen LogP contribution is -1.22. The average Bonchev–Trinajstić information content (AvgIpc) is 2.09. The van der Waals surface area contributed by atoms with Crippen LogP contribution in [-0.4, -0.2) is 35.2 Å². The van der Waals surface area contributed by atoms with Gasteiger partial charge in [0.05, 0.1) is 0 Å². The van der Waals surface area contributed by atoms with E-state index in [2.05, 4.69) is 83.9 Å². The normalized spacial score (nSPS) is 4.33. The van der Waals surface area contributed by atoms with Crippen LogP contribution in [-0.2, 0) is 62.1 Å².